The fourth-order valence-electron chi connectivity index (χ4n) is 3.65. The first-order valence-electron chi connectivity index (χ1n) is 8.86. The summed E-state index contributed by atoms with van der Waals surface area (Å²) in [6.45, 7) is 1.01. The first kappa shape index (κ1) is 15.1. The molecule has 0 aliphatic carbocycles. The molecule has 0 saturated carbocycles. The predicted molar refractivity (Wildman–Crippen MR) is 101 cm³/mol. The zero-order chi connectivity index (χ0) is 17.3. The normalized spacial score (nSPS) is 17.1. The quantitative estimate of drug-likeness (QED) is 0.543. The van der Waals surface area contributed by atoms with E-state index in [-0.39, 0.29) is 6.04 Å². The Morgan fingerprint density at radius 2 is 1.92 bits per heavy atom. The minimum Gasteiger partial charge on any atom is -0.464 e. The highest BCUT2D eigenvalue weighted by Crippen LogP contribution is 2.36. The van der Waals surface area contributed by atoms with Gasteiger partial charge in [-0.3, -0.25) is 4.98 Å². The lowest BCUT2D eigenvalue weighted by molar-refractivity contribution is 0.615. The molecular weight excluding hydrogens is 324 g/mol. The van der Waals surface area contributed by atoms with E-state index in [2.05, 4.69) is 32.0 Å². The van der Waals surface area contributed by atoms with Crippen molar-refractivity contribution in [3.8, 4) is 11.3 Å². The van der Waals surface area contributed by atoms with E-state index in [1.807, 2.05) is 42.7 Å². The van der Waals surface area contributed by atoms with E-state index in [4.69, 9.17) is 4.42 Å². The van der Waals surface area contributed by atoms with Gasteiger partial charge in [0.05, 0.1) is 18.0 Å². The van der Waals surface area contributed by atoms with Gasteiger partial charge in [-0.15, -0.1) is 0 Å². The van der Waals surface area contributed by atoms with Crippen LogP contribution in [-0.2, 0) is 0 Å². The molecule has 5 nitrogen and oxygen atoms in total. The summed E-state index contributed by atoms with van der Waals surface area (Å²) in [7, 11) is 0. The lowest BCUT2D eigenvalue weighted by Crippen LogP contribution is -2.24. The van der Waals surface area contributed by atoms with E-state index >= 15 is 0 Å². The number of aromatic nitrogens is 3. The van der Waals surface area contributed by atoms with Crippen LogP contribution in [-0.4, -0.2) is 21.5 Å². The Morgan fingerprint density at radius 3 is 2.77 bits per heavy atom. The van der Waals surface area contributed by atoms with Crippen molar-refractivity contribution in [2.75, 3.05) is 11.4 Å². The molecule has 5 heteroatoms. The Morgan fingerprint density at radius 1 is 1.00 bits per heavy atom. The van der Waals surface area contributed by atoms with Crippen LogP contribution in [0.1, 0.15) is 24.7 Å². The van der Waals surface area contributed by atoms with Crippen molar-refractivity contribution in [3.05, 3.63) is 73.1 Å². The molecule has 1 fully saturated rings. The topological polar surface area (TPSA) is 55.1 Å². The van der Waals surface area contributed by atoms with E-state index in [1.165, 1.54) is 5.69 Å². The molecule has 1 aromatic carbocycles. The van der Waals surface area contributed by atoms with Gasteiger partial charge in [0.15, 0.2) is 5.82 Å². The Labute approximate surface area is 151 Å². The average Bonchev–Trinajstić information content (AvgIpc) is 3.37. The number of benzene rings is 1. The maximum atomic E-state index is 5.45. The number of nitrogens with zero attached hydrogens (tertiary/aromatic N) is 4. The molecular formula is C21H18N4O. The number of rotatable bonds is 3. The van der Waals surface area contributed by atoms with Crippen LogP contribution in [0.5, 0.6) is 0 Å². The molecule has 0 N–H and O–H groups in total. The van der Waals surface area contributed by atoms with Crippen LogP contribution < -0.4 is 4.90 Å². The van der Waals surface area contributed by atoms with Gasteiger partial charge in [0.25, 0.3) is 0 Å². The molecule has 1 aliphatic rings. The lowest BCUT2D eigenvalue weighted by Gasteiger charge is -2.25. The van der Waals surface area contributed by atoms with E-state index in [9.17, 15) is 0 Å². The van der Waals surface area contributed by atoms with Crippen molar-refractivity contribution in [2.45, 2.75) is 18.9 Å². The van der Waals surface area contributed by atoms with E-state index in [0.717, 1.165) is 47.4 Å². The number of hydrogen-bond donors (Lipinski definition) is 0. The van der Waals surface area contributed by atoms with Crippen molar-refractivity contribution >= 4 is 16.7 Å². The van der Waals surface area contributed by atoms with Gasteiger partial charge in [-0.05, 0) is 49.2 Å². The van der Waals surface area contributed by atoms with Crippen LogP contribution in [0.25, 0.3) is 22.2 Å². The first-order chi connectivity index (χ1) is 12.9. The molecule has 0 bridgehead atoms. The molecule has 1 aliphatic heterocycles. The predicted octanol–water partition coefficient (Wildman–Crippen LogP) is 4.63. The number of fused-ring (bicyclic) bond motifs is 1. The molecule has 26 heavy (non-hydrogen) atoms. The van der Waals surface area contributed by atoms with Crippen molar-refractivity contribution in [1.29, 1.82) is 0 Å². The Bertz CT molecular complexity index is 1030. The largest absolute Gasteiger partial charge is 0.464 e. The number of anilines is 1. The fraction of sp³-hybridized carbons (Fsp3) is 0.190. The van der Waals surface area contributed by atoms with Gasteiger partial charge in [-0.1, -0.05) is 6.07 Å². The molecule has 3 aromatic heterocycles. The van der Waals surface area contributed by atoms with E-state index < -0.39 is 0 Å². The van der Waals surface area contributed by atoms with Crippen LogP contribution in [0.15, 0.2) is 71.7 Å². The third-order valence-electron chi connectivity index (χ3n) is 4.95. The third kappa shape index (κ3) is 2.62. The third-order valence-corrected chi connectivity index (χ3v) is 4.95. The van der Waals surface area contributed by atoms with Crippen molar-refractivity contribution in [1.82, 2.24) is 15.0 Å². The minimum atomic E-state index is 0.206. The molecule has 5 rings (SSSR count). The Kier molecular flexibility index (Phi) is 3.63. The minimum absolute atomic E-state index is 0.206. The van der Waals surface area contributed by atoms with Gasteiger partial charge in [0.2, 0.25) is 0 Å². The summed E-state index contributed by atoms with van der Waals surface area (Å²) in [6, 6.07) is 14.4. The SMILES string of the molecule is c1ccc(-c2cnc(C3CCCN3c3ccc4occc4c3)nc2)nc1. The number of hydrogen-bond acceptors (Lipinski definition) is 5. The van der Waals surface area contributed by atoms with Crippen LogP contribution in [0.3, 0.4) is 0 Å². The highest BCUT2D eigenvalue weighted by molar-refractivity contribution is 5.81. The van der Waals surface area contributed by atoms with Gasteiger partial charge in [0.1, 0.15) is 5.58 Å². The Hall–Kier alpha value is -3.21. The summed E-state index contributed by atoms with van der Waals surface area (Å²) in [5.41, 5.74) is 3.95. The molecule has 0 amide bonds. The van der Waals surface area contributed by atoms with E-state index in [0.29, 0.717) is 0 Å². The molecule has 128 valence electrons. The van der Waals surface area contributed by atoms with Crippen LogP contribution in [0.4, 0.5) is 5.69 Å². The second-order valence-corrected chi connectivity index (χ2v) is 6.54. The molecule has 1 atom stereocenters. The van der Waals surface area contributed by atoms with Crippen molar-refractivity contribution in [3.63, 3.8) is 0 Å². The summed E-state index contributed by atoms with van der Waals surface area (Å²) in [6.07, 6.45) is 9.47. The molecule has 4 heterocycles. The lowest BCUT2D eigenvalue weighted by atomic mass is 10.1. The zero-order valence-electron chi connectivity index (χ0n) is 14.2. The van der Waals surface area contributed by atoms with Crippen molar-refractivity contribution < 1.29 is 4.42 Å². The average molecular weight is 342 g/mol. The molecule has 1 unspecified atom stereocenters. The highest BCUT2D eigenvalue weighted by Gasteiger charge is 2.28. The summed E-state index contributed by atoms with van der Waals surface area (Å²) >= 11 is 0. The molecule has 4 aromatic rings. The molecule has 0 radical (unpaired) electrons. The molecule has 1 saturated heterocycles. The van der Waals surface area contributed by atoms with E-state index in [1.54, 1.807) is 12.5 Å². The number of pyridine rings is 1. The van der Waals surface area contributed by atoms with Gasteiger partial charge >= 0.3 is 0 Å². The maximum Gasteiger partial charge on any atom is 0.150 e. The van der Waals surface area contributed by atoms with Gasteiger partial charge in [-0.2, -0.15) is 0 Å². The van der Waals surface area contributed by atoms with Gasteiger partial charge in [-0.25, -0.2) is 9.97 Å². The first-order valence-corrected chi connectivity index (χ1v) is 8.86. The molecule has 0 spiro atoms. The van der Waals surface area contributed by atoms with Crippen molar-refractivity contribution in [2.24, 2.45) is 0 Å². The highest BCUT2D eigenvalue weighted by atomic mass is 16.3. The summed E-state index contributed by atoms with van der Waals surface area (Å²) in [5, 5.41) is 1.12. The standard InChI is InChI=1S/C21H18N4O/c1-2-9-22-18(4-1)16-13-23-21(24-14-16)19-5-3-10-25(19)17-6-7-20-15(12-17)8-11-26-20/h1-2,4,6-9,11-14,19H,3,5,10H2. The smallest absolute Gasteiger partial charge is 0.150 e. The van der Waals surface area contributed by atoms with Gasteiger partial charge < -0.3 is 9.32 Å². The Balaban J connectivity index is 1.45. The maximum absolute atomic E-state index is 5.45. The number of furan rings is 1. The van der Waals surface area contributed by atoms with Crippen LogP contribution in [0.2, 0.25) is 0 Å². The van der Waals surface area contributed by atoms with Crippen LogP contribution >= 0.6 is 0 Å². The van der Waals surface area contributed by atoms with Crippen LogP contribution in [0, 0.1) is 0 Å². The fourth-order valence-corrected chi connectivity index (χ4v) is 3.65. The second-order valence-electron chi connectivity index (χ2n) is 6.54. The monoisotopic (exact) mass is 342 g/mol. The summed E-state index contributed by atoms with van der Waals surface area (Å²) < 4.78 is 5.45. The second kappa shape index (κ2) is 6.26. The van der Waals surface area contributed by atoms with Gasteiger partial charge in [0, 0.05) is 41.8 Å². The summed E-state index contributed by atoms with van der Waals surface area (Å²) in [4.78, 5) is 16.1. The zero-order valence-corrected chi connectivity index (χ0v) is 14.2. The summed E-state index contributed by atoms with van der Waals surface area (Å²) in [5.74, 6) is 0.870.